The fourth-order valence-corrected chi connectivity index (χ4v) is 1.81. The summed E-state index contributed by atoms with van der Waals surface area (Å²) in [5.74, 6) is 0.436. The Morgan fingerprint density at radius 2 is 1.78 bits per heavy atom. The molecule has 0 aromatic heterocycles. The normalized spacial score (nSPS) is 9.89. The summed E-state index contributed by atoms with van der Waals surface area (Å²) in [5.41, 5.74) is 2.40. The van der Waals surface area contributed by atoms with Gasteiger partial charge in [-0.2, -0.15) is 0 Å². The molecule has 0 unspecified atom stereocenters. The van der Waals surface area contributed by atoms with Crippen LogP contribution in [0.15, 0.2) is 48.5 Å². The molecule has 0 saturated carbocycles. The van der Waals surface area contributed by atoms with Gasteiger partial charge in [-0.05, 0) is 23.8 Å². The minimum atomic E-state index is -0.341. The van der Waals surface area contributed by atoms with Gasteiger partial charge in [0.25, 0.3) is 0 Å². The van der Waals surface area contributed by atoms with Gasteiger partial charge in [0.15, 0.2) is 0 Å². The van der Waals surface area contributed by atoms with Gasteiger partial charge in [0, 0.05) is 5.56 Å². The highest BCUT2D eigenvalue weighted by molar-refractivity contribution is 5.91. The van der Waals surface area contributed by atoms with E-state index in [1.54, 1.807) is 19.2 Å². The van der Waals surface area contributed by atoms with Crippen LogP contribution in [0.3, 0.4) is 0 Å². The van der Waals surface area contributed by atoms with Crippen LogP contribution in [0.5, 0.6) is 5.75 Å². The lowest BCUT2D eigenvalue weighted by molar-refractivity contribution is 0.0601. The van der Waals surface area contributed by atoms with Crippen molar-refractivity contribution in [3.05, 3.63) is 54.1 Å². The molecule has 2 rings (SSSR count). The number of ether oxygens (including phenoxy) is 2. The molecule has 3 heteroatoms. The number of esters is 1. The number of methoxy groups -OCH3 is 2. The molecule has 0 amide bonds. The second-order valence-corrected chi connectivity index (χ2v) is 3.77. The van der Waals surface area contributed by atoms with E-state index < -0.39 is 0 Å². The van der Waals surface area contributed by atoms with Gasteiger partial charge in [-0.15, -0.1) is 0 Å². The predicted molar refractivity (Wildman–Crippen MR) is 69.8 cm³/mol. The van der Waals surface area contributed by atoms with E-state index >= 15 is 0 Å². The first kappa shape index (κ1) is 12.2. The van der Waals surface area contributed by atoms with Crippen LogP contribution in [-0.4, -0.2) is 20.2 Å². The van der Waals surface area contributed by atoms with E-state index in [-0.39, 0.29) is 5.97 Å². The van der Waals surface area contributed by atoms with Crippen LogP contribution in [0.2, 0.25) is 0 Å². The van der Waals surface area contributed by atoms with Crippen LogP contribution in [0.1, 0.15) is 10.4 Å². The van der Waals surface area contributed by atoms with E-state index in [1.165, 1.54) is 7.11 Å². The molecule has 0 N–H and O–H groups in total. The van der Waals surface area contributed by atoms with Crippen LogP contribution in [0.25, 0.3) is 11.1 Å². The smallest absolute Gasteiger partial charge is 0.337 e. The van der Waals surface area contributed by atoms with Gasteiger partial charge in [-0.1, -0.05) is 30.3 Å². The van der Waals surface area contributed by atoms with Gasteiger partial charge in [0.2, 0.25) is 0 Å². The molecule has 0 spiro atoms. The average molecular weight is 242 g/mol. The number of carbonyl (C=O) groups is 1. The zero-order chi connectivity index (χ0) is 13.0. The van der Waals surface area contributed by atoms with Crippen LogP contribution < -0.4 is 4.74 Å². The van der Waals surface area contributed by atoms with Crippen molar-refractivity contribution in [2.45, 2.75) is 0 Å². The Hall–Kier alpha value is -2.29. The predicted octanol–water partition coefficient (Wildman–Crippen LogP) is 3.15. The van der Waals surface area contributed by atoms with E-state index in [4.69, 9.17) is 9.47 Å². The Labute approximate surface area is 106 Å². The molecular formula is C15H14O3. The Morgan fingerprint density at radius 1 is 1.00 bits per heavy atom. The van der Waals surface area contributed by atoms with Crippen molar-refractivity contribution in [2.24, 2.45) is 0 Å². The summed E-state index contributed by atoms with van der Waals surface area (Å²) in [7, 11) is 3.00. The molecule has 2 aromatic rings. The minimum Gasteiger partial charge on any atom is -0.496 e. The molecule has 0 heterocycles. The second-order valence-electron chi connectivity index (χ2n) is 3.77. The monoisotopic (exact) mass is 242 g/mol. The number of hydrogen-bond acceptors (Lipinski definition) is 3. The van der Waals surface area contributed by atoms with Gasteiger partial charge in [0.05, 0.1) is 19.8 Å². The molecule has 0 atom stereocenters. The van der Waals surface area contributed by atoms with Crippen molar-refractivity contribution < 1.29 is 14.3 Å². The molecule has 3 nitrogen and oxygen atoms in total. The van der Waals surface area contributed by atoms with Crippen LogP contribution in [-0.2, 0) is 4.74 Å². The van der Waals surface area contributed by atoms with Gasteiger partial charge in [-0.25, -0.2) is 4.79 Å². The summed E-state index contributed by atoms with van der Waals surface area (Å²) in [4.78, 5) is 11.5. The van der Waals surface area contributed by atoms with Crippen LogP contribution >= 0.6 is 0 Å². The van der Waals surface area contributed by atoms with Crippen LogP contribution in [0, 0.1) is 0 Å². The highest BCUT2D eigenvalue weighted by atomic mass is 16.5. The maximum Gasteiger partial charge on any atom is 0.337 e. The summed E-state index contributed by atoms with van der Waals surface area (Å²) >= 11 is 0. The molecule has 0 radical (unpaired) electrons. The van der Waals surface area contributed by atoms with E-state index in [0.29, 0.717) is 5.56 Å². The molecule has 0 fully saturated rings. The number of rotatable bonds is 3. The third-order valence-corrected chi connectivity index (χ3v) is 2.70. The van der Waals surface area contributed by atoms with Crippen LogP contribution in [0.4, 0.5) is 0 Å². The van der Waals surface area contributed by atoms with Gasteiger partial charge in [-0.3, -0.25) is 0 Å². The summed E-state index contributed by atoms with van der Waals surface area (Å²) in [5, 5.41) is 0. The first-order valence-electron chi connectivity index (χ1n) is 5.58. The largest absolute Gasteiger partial charge is 0.496 e. The van der Waals surface area contributed by atoms with Gasteiger partial charge in [0.1, 0.15) is 5.75 Å². The zero-order valence-corrected chi connectivity index (χ0v) is 10.3. The molecule has 18 heavy (non-hydrogen) atoms. The maximum absolute atomic E-state index is 11.5. The summed E-state index contributed by atoms with van der Waals surface area (Å²) in [6.07, 6.45) is 0. The zero-order valence-electron chi connectivity index (χ0n) is 10.3. The highest BCUT2D eigenvalue weighted by Gasteiger charge is 2.09. The SMILES string of the molecule is COC(=O)c1cccc(-c2ccccc2OC)c1. The quantitative estimate of drug-likeness (QED) is 0.775. The number of benzene rings is 2. The minimum absolute atomic E-state index is 0.341. The Morgan fingerprint density at radius 3 is 2.50 bits per heavy atom. The van der Waals surface area contributed by atoms with E-state index in [0.717, 1.165) is 16.9 Å². The standard InChI is InChI=1S/C15H14O3/c1-17-14-9-4-3-8-13(14)11-6-5-7-12(10-11)15(16)18-2/h3-10H,1-2H3. The number of para-hydroxylation sites is 1. The first-order valence-corrected chi connectivity index (χ1v) is 5.58. The van der Waals surface area contributed by atoms with Crippen molar-refractivity contribution in [2.75, 3.05) is 14.2 Å². The fraction of sp³-hybridized carbons (Fsp3) is 0.133. The molecule has 0 aliphatic heterocycles. The van der Waals surface area contributed by atoms with Gasteiger partial charge < -0.3 is 9.47 Å². The van der Waals surface area contributed by atoms with E-state index in [1.807, 2.05) is 36.4 Å². The molecule has 0 aliphatic carbocycles. The summed E-state index contributed by atoms with van der Waals surface area (Å²) < 4.78 is 10.0. The fourth-order valence-electron chi connectivity index (χ4n) is 1.81. The second kappa shape index (κ2) is 5.36. The van der Waals surface area contributed by atoms with E-state index in [2.05, 4.69) is 0 Å². The van der Waals surface area contributed by atoms with Crippen molar-refractivity contribution >= 4 is 5.97 Å². The van der Waals surface area contributed by atoms with Crippen molar-refractivity contribution in [3.63, 3.8) is 0 Å². The maximum atomic E-state index is 11.5. The Bertz CT molecular complexity index is 561. The third kappa shape index (κ3) is 2.35. The molecule has 92 valence electrons. The topological polar surface area (TPSA) is 35.5 Å². The highest BCUT2D eigenvalue weighted by Crippen LogP contribution is 2.29. The van der Waals surface area contributed by atoms with Gasteiger partial charge >= 0.3 is 5.97 Å². The Kier molecular flexibility index (Phi) is 3.63. The van der Waals surface area contributed by atoms with E-state index in [9.17, 15) is 4.79 Å². The van der Waals surface area contributed by atoms with Crippen molar-refractivity contribution in [1.29, 1.82) is 0 Å². The first-order chi connectivity index (χ1) is 8.76. The molecule has 0 saturated heterocycles. The van der Waals surface area contributed by atoms with Crippen molar-refractivity contribution in [1.82, 2.24) is 0 Å². The molecule has 0 aliphatic rings. The number of hydrogen-bond donors (Lipinski definition) is 0. The van der Waals surface area contributed by atoms with Crippen molar-refractivity contribution in [3.8, 4) is 16.9 Å². The average Bonchev–Trinajstić information content (AvgIpc) is 2.46. The molecule has 0 bridgehead atoms. The third-order valence-electron chi connectivity index (χ3n) is 2.70. The summed E-state index contributed by atoms with van der Waals surface area (Å²) in [6, 6.07) is 15.0. The lowest BCUT2D eigenvalue weighted by Gasteiger charge is -2.09. The molecule has 2 aromatic carbocycles. The Balaban J connectivity index is 2.48. The lowest BCUT2D eigenvalue weighted by atomic mass is 10.0. The number of carbonyl (C=O) groups excluding carboxylic acids is 1. The summed E-state index contributed by atoms with van der Waals surface area (Å²) in [6.45, 7) is 0. The molecular weight excluding hydrogens is 228 g/mol. The lowest BCUT2D eigenvalue weighted by Crippen LogP contribution is -2.00.